The van der Waals surface area contributed by atoms with Crippen LogP contribution in [0.1, 0.15) is 279 Å². The molecule has 6 amide bonds. The minimum absolute atomic E-state index is 0.0637. The summed E-state index contributed by atoms with van der Waals surface area (Å²) in [5.74, 6) is 2.14. The fraction of sp³-hybridized carbons (Fsp3) is 0.905. The molecule has 6 N–H and O–H groups in total. The predicted octanol–water partition coefficient (Wildman–Crippen LogP) is 12.4. The molecule has 0 aromatic carbocycles. The minimum atomic E-state index is -0.615. The number of hydrogen-bond acceptors (Lipinski definition) is 6. The first kappa shape index (κ1) is 62.7. The lowest BCUT2D eigenvalue weighted by molar-refractivity contribution is -0.135. The first-order valence-electron chi connectivity index (χ1n) is 32.1. The summed E-state index contributed by atoms with van der Waals surface area (Å²) < 4.78 is 0. The summed E-state index contributed by atoms with van der Waals surface area (Å²) in [6.45, 7) is 13.3. The maximum Gasteiger partial charge on any atom is 0.224 e. The molecule has 430 valence electrons. The summed E-state index contributed by atoms with van der Waals surface area (Å²) in [5, 5.41) is 19.5. The van der Waals surface area contributed by atoms with Crippen LogP contribution in [0.5, 0.6) is 0 Å². The number of rotatable bonds is 25. The van der Waals surface area contributed by atoms with Gasteiger partial charge in [-0.05, 0) is 170 Å². The van der Waals surface area contributed by atoms with Gasteiger partial charge in [0.25, 0.3) is 0 Å². The Morgan fingerprint density at radius 3 is 0.893 bits per heavy atom. The van der Waals surface area contributed by atoms with E-state index in [0.717, 1.165) is 178 Å². The van der Waals surface area contributed by atoms with Crippen molar-refractivity contribution in [3.63, 3.8) is 0 Å². The van der Waals surface area contributed by atoms with Crippen LogP contribution in [0.15, 0.2) is 0 Å². The molecule has 6 unspecified atom stereocenters. The van der Waals surface area contributed by atoms with Gasteiger partial charge in [0.2, 0.25) is 35.4 Å². The van der Waals surface area contributed by atoms with Crippen LogP contribution >= 0.6 is 0 Å². The maximum atomic E-state index is 13.7. The molecule has 0 saturated heterocycles. The summed E-state index contributed by atoms with van der Waals surface area (Å²) >= 11 is 0. The fourth-order valence-corrected chi connectivity index (χ4v) is 14.6. The van der Waals surface area contributed by atoms with E-state index in [0.29, 0.717) is 17.8 Å². The summed E-state index contributed by atoms with van der Waals surface area (Å²) in [6, 6.07) is 1.15. The van der Waals surface area contributed by atoms with E-state index in [9.17, 15) is 28.8 Å². The standard InChI is InChI=1S/C33H59N3O3.C30H53N3O3/c1-4-13-24-16-7-10-19-28(24)34-31(37)22-27(33(39)36-30-21-12-9-18-26(30)15-6-3)23-32(38)35-29-20-11-8-17-25(29)14-5-2;1-4-21-7-13-25(14-8-21)31-28(34)19-24(30(36)33-27-17-11-23(6-3)12-18-27)20-29(35)32-26-15-9-22(5-2)10-16-26/h24-30H,4-23H2,1-3H3,(H,34,37)(H,35,38)(H,36,39);21-27H,4-20H2,1-3H3,(H,31,34)(H,32,35)(H,33,36). The molecule has 0 aromatic rings. The average Bonchev–Trinajstić information content (AvgIpc) is 3.41. The molecule has 6 fully saturated rings. The van der Waals surface area contributed by atoms with Gasteiger partial charge in [-0.15, -0.1) is 0 Å². The van der Waals surface area contributed by atoms with E-state index in [-0.39, 0.29) is 97.4 Å². The molecule has 6 aliphatic rings. The monoisotopic (exact) mass is 1050 g/mol. The van der Waals surface area contributed by atoms with Crippen LogP contribution in [0.4, 0.5) is 0 Å². The van der Waals surface area contributed by atoms with Crippen molar-refractivity contribution in [2.75, 3.05) is 0 Å². The molecule has 0 radical (unpaired) electrons. The molecular weight excluding hydrogens is 937 g/mol. The van der Waals surface area contributed by atoms with E-state index in [4.69, 9.17) is 0 Å². The minimum Gasteiger partial charge on any atom is -0.353 e. The van der Waals surface area contributed by atoms with Gasteiger partial charge in [-0.25, -0.2) is 0 Å². The Labute approximate surface area is 457 Å². The molecule has 0 aliphatic heterocycles. The maximum absolute atomic E-state index is 13.7. The fourth-order valence-electron chi connectivity index (χ4n) is 14.6. The van der Waals surface area contributed by atoms with Crippen molar-refractivity contribution >= 4 is 35.4 Å². The van der Waals surface area contributed by atoms with E-state index < -0.39 is 11.8 Å². The molecule has 0 spiro atoms. The van der Waals surface area contributed by atoms with Crippen LogP contribution in [0.2, 0.25) is 0 Å². The van der Waals surface area contributed by atoms with E-state index in [2.05, 4.69) is 73.4 Å². The molecule has 6 saturated carbocycles. The van der Waals surface area contributed by atoms with Crippen LogP contribution in [0, 0.1) is 47.3 Å². The first-order valence-corrected chi connectivity index (χ1v) is 32.1. The lowest BCUT2D eigenvalue weighted by Gasteiger charge is -2.34. The van der Waals surface area contributed by atoms with Gasteiger partial charge >= 0.3 is 0 Å². The summed E-state index contributed by atoms with van der Waals surface area (Å²) in [7, 11) is 0. The van der Waals surface area contributed by atoms with Gasteiger partial charge in [0.1, 0.15) is 0 Å². The van der Waals surface area contributed by atoms with E-state index >= 15 is 0 Å². The van der Waals surface area contributed by atoms with Gasteiger partial charge < -0.3 is 31.9 Å². The Bertz CT molecular complexity index is 1600. The highest BCUT2D eigenvalue weighted by molar-refractivity contribution is 5.91. The first-order chi connectivity index (χ1) is 36.3. The van der Waals surface area contributed by atoms with Gasteiger partial charge in [-0.1, -0.05) is 119 Å². The Morgan fingerprint density at radius 1 is 0.320 bits per heavy atom. The summed E-state index contributed by atoms with van der Waals surface area (Å²) in [6.07, 6.45) is 37.5. The zero-order valence-corrected chi connectivity index (χ0v) is 48.7. The van der Waals surface area contributed by atoms with Crippen molar-refractivity contribution in [2.24, 2.45) is 47.3 Å². The normalized spacial score (nSPS) is 31.0. The highest BCUT2D eigenvalue weighted by atomic mass is 16.2. The van der Waals surface area contributed by atoms with Gasteiger partial charge in [-0.2, -0.15) is 0 Å². The molecule has 0 bridgehead atoms. The SMILES string of the molecule is CCC1CCC(NC(=O)CC(CC(=O)NC2CCC(CC)CC2)C(=O)NC2CCC(CC)CC2)CC1.CCCC1CCCCC1NC(=O)CC(CC(=O)NC1CCCCC1CCC)C(=O)NC1CCCCC1CCC. The average molecular weight is 1050 g/mol. The second kappa shape index (κ2) is 34.6. The lowest BCUT2D eigenvalue weighted by Crippen LogP contribution is -2.48. The third-order valence-electron chi connectivity index (χ3n) is 19.5. The van der Waals surface area contributed by atoms with Crippen LogP contribution in [0.25, 0.3) is 0 Å². The van der Waals surface area contributed by atoms with Crippen LogP contribution in [0.3, 0.4) is 0 Å². The number of amides is 6. The van der Waals surface area contributed by atoms with Gasteiger partial charge in [-0.3, -0.25) is 28.8 Å². The highest BCUT2D eigenvalue weighted by Gasteiger charge is 2.35. The molecule has 75 heavy (non-hydrogen) atoms. The molecule has 6 rings (SSSR count). The summed E-state index contributed by atoms with van der Waals surface area (Å²) in [4.78, 5) is 79.6. The summed E-state index contributed by atoms with van der Waals surface area (Å²) in [5.41, 5.74) is 0. The van der Waals surface area contributed by atoms with Crippen molar-refractivity contribution in [3.05, 3.63) is 0 Å². The highest BCUT2D eigenvalue weighted by Crippen LogP contribution is 2.33. The lowest BCUT2D eigenvalue weighted by atomic mass is 9.81. The predicted molar refractivity (Wildman–Crippen MR) is 304 cm³/mol. The molecule has 12 heteroatoms. The third-order valence-corrected chi connectivity index (χ3v) is 19.5. The van der Waals surface area contributed by atoms with E-state index in [1.54, 1.807) is 0 Å². The molecular formula is C63H112N6O6. The van der Waals surface area contributed by atoms with E-state index in [1.807, 2.05) is 0 Å². The number of carbonyl (C=O) groups is 6. The van der Waals surface area contributed by atoms with Gasteiger partial charge in [0.15, 0.2) is 0 Å². The van der Waals surface area contributed by atoms with Crippen molar-refractivity contribution in [1.29, 1.82) is 0 Å². The molecule has 12 nitrogen and oxygen atoms in total. The topological polar surface area (TPSA) is 175 Å². The van der Waals surface area contributed by atoms with Crippen molar-refractivity contribution < 1.29 is 28.8 Å². The van der Waals surface area contributed by atoms with Gasteiger partial charge in [0, 0.05) is 61.9 Å². The molecule has 6 atom stereocenters. The number of nitrogens with one attached hydrogen (secondary N) is 6. The van der Waals surface area contributed by atoms with Crippen molar-refractivity contribution in [2.45, 2.75) is 315 Å². The molecule has 6 aliphatic carbocycles. The van der Waals surface area contributed by atoms with Gasteiger partial charge in [0.05, 0.1) is 11.8 Å². The Kier molecular flexibility index (Phi) is 28.9. The molecule has 0 heterocycles. The van der Waals surface area contributed by atoms with Crippen LogP contribution < -0.4 is 31.9 Å². The zero-order chi connectivity index (χ0) is 54.0. The van der Waals surface area contributed by atoms with Crippen LogP contribution in [-0.4, -0.2) is 71.7 Å². The smallest absolute Gasteiger partial charge is 0.224 e. The Hall–Kier alpha value is -3.18. The zero-order valence-electron chi connectivity index (χ0n) is 48.7. The molecule has 0 aromatic heterocycles. The third kappa shape index (κ3) is 22.2. The largest absolute Gasteiger partial charge is 0.353 e. The van der Waals surface area contributed by atoms with Crippen molar-refractivity contribution in [3.8, 4) is 0 Å². The Balaban J connectivity index is 0.000000278. The second-order valence-electron chi connectivity index (χ2n) is 25.2. The van der Waals surface area contributed by atoms with Crippen LogP contribution in [-0.2, 0) is 28.8 Å². The Morgan fingerprint density at radius 2 is 0.587 bits per heavy atom. The second-order valence-corrected chi connectivity index (χ2v) is 25.2. The number of carbonyl (C=O) groups excluding carboxylic acids is 6. The van der Waals surface area contributed by atoms with Crippen molar-refractivity contribution in [1.82, 2.24) is 31.9 Å². The number of hydrogen-bond donors (Lipinski definition) is 6. The quantitative estimate of drug-likeness (QED) is 0.0531. The van der Waals surface area contributed by atoms with E-state index in [1.165, 1.54) is 51.4 Å².